The van der Waals surface area contributed by atoms with Crippen LogP contribution >= 0.6 is 0 Å². The predicted molar refractivity (Wildman–Crippen MR) is 82.3 cm³/mol. The van der Waals surface area contributed by atoms with Crippen molar-refractivity contribution in [3.8, 4) is 11.5 Å². The molecule has 1 aromatic heterocycles. The minimum Gasteiger partial charge on any atom is -0.486 e. The summed E-state index contributed by atoms with van der Waals surface area (Å²) in [5, 5.41) is 19.5. The van der Waals surface area contributed by atoms with Crippen molar-refractivity contribution < 1.29 is 19.2 Å². The molecule has 2 heterocycles. The number of nitro groups is 1. The van der Waals surface area contributed by atoms with Gasteiger partial charge < -0.3 is 14.3 Å². The SMILES string of the molecule is CC(C)O/N=C(/c1cc2c(cc1[N+](=O)[O-])OCCO2)n1cncn1. The molecule has 0 radical (unpaired) electrons. The average molecular weight is 333 g/mol. The molecule has 1 aliphatic heterocycles. The Balaban J connectivity index is 2.16. The first-order valence-electron chi connectivity index (χ1n) is 7.23. The van der Waals surface area contributed by atoms with Crippen LogP contribution in [0.5, 0.6) is 11.5 Å². The van der Waals surface area contributed by atoms with Gasteiger partial charge in [-0.05, 0) is 13.8 Å². The lowest BCUT2D eigenvalue weighted by atomic mass is 10.1. The third kappa shape index (κ3) is 3.12. The Hall–Kier alpha value is -3.17. The van der Waals surface area contributed by atoms with Crippen LogP contribution in [0.3, 0.4) is 0 Å². The number of hydrogen-bond acceptors (Lipinski definition) is 8. The van der Waals surface area contributed by atoms with E-state index in [0.29, 0.717) is 24.7 Å². The lowest BCUT2D eigenvalue weighted by Crippen LogP contribution is -2.20. The minimum absolute atomic E-state index is 0.130. The van der Waals surface area contributed by atoms with Crippen LogP contribution in [-0.4, -0.2) is 44.8 Å². The molecule has 24 heavy (non-hydrogen) atoms. The molecule has 0 amide bonds. The fourth-order valence-electron chi connectivity index (χ4n) is 2.10. The van der Waals surface area contributed by atoms with Crippen LogP contribution in [0.25, 0.3) is 0 Å². The van der Waals surface area contributed by atoms with Gasteiger partial charge in [-0.15, -0.1) is 0 Å². The zero-order chi connectivity index (χ0) is 17.1. The zero-order valence-corrected chi connectivity index (χ0v) is 13.1. The number of rotatable bonds is 4. The van der Waals surface area contributed by atoms with Gasteiger partial charge in [0.2, 0.25) is 5.84 Å². The molecule has 10 nitrogen and oxygen atoms in total. The van der Waals surface area contributed by atoms with Gasteiger partial charge in [0.25, 0.3) is 5.69 Å². The highest BCUT2D eigenvalue weighted by Gasteiger charge is 2.27. The number of aromatic nitrogens is 3. The summed E-state index contributed by atoms with van der Waals surface area (Å²) in [5.41, 5.74) is -0.00347. The van der Waals surface area contributed by atoms with E-state index in [1.54, 1.807) is 13.8 Å². The lowest BCUT2D eigenvalue weighted by Gasteiger charge is -2.19. The molecule has 10 heteroatoms. The summed E-state index contributed by atoms with van der Waals surface area (Å²) in [4.78, 5) is 20.1. The molecule has 0 aliphatic carbocycles. The average Bonchev–Trinajstić information content (AvgIpc) is 3.08. The van der Waals surface area contributed by atoms with E-state index in [0.717, 1.165) is 0 Å². The quantitative estimate of drug-likeness (QED) is 0.361. The number of nitrogens with zero attached hydrogens (tertiary/aromatic N) is 5. The van der Waals surface area contributed by atoms with Crippen molar-refractivity contribution in [3.63, 3.8) is 0 Å². The summed E-state index contributed by atoms with van der Waals surface area (Å²) in [6.45, 7) is 4.29. The van der Waals surface area contributed by atoms with E-state index in [9.17, 15) is 10.1 Å². The highest BCUT2D eigenvalue weighted by molar-refractivity contribution is 6.03. The molecular formula is C14H15N5O5. The van der Waals surface area contributed by atoms with Gasteiger partial charge in [-0.25, -0.2) is 4.98 Å². The molecule has 1 aliphatic rings. The molecule has 126 valence electrons. The van der Waals surface area contributed by atoms with Gasteiger partial charge in [0.15, 0.2) is 11.5 Å². The van der Waals surface area contributed by atoms with E-state index in [2.05, 4.69) is 15.2 Å². The standard InChI is InChI=1S/C14H15N5O5/c1-9(2)24-17-14(18-8-15-7-16-18)10-5-12-13(23-4-3-22-12)6-11(10)19(20)21/h5-9H,3-4H2,1-2H3/b17-14-. The van der Waals surface area contributed by atoms with E-state index in [4.69, 9.17) is 14.3 Å². The second-order valence-electron chi connectivity index (χ2n) is 5.18. The summed E-state index contributed by atoms with van der Waals surface area (Å²) < 4.78 is 12.2. The van der Waals surface area contributed by atoms with Crippen molar-refractivity contribution in [2.24, 2.45) is 5.16 Å². The Morgan fingerprint density at radius 2 is 2.08 bits per heavy atom. The van der Waals surface area contributed by atoms with Crippen molar-refractivity contribution in [1.82, 2.24) is 14.8 Å². The number of hydrogen-bond donors (Lipinski definition) is 0. The first-order valence-corrected chi connectivity index (χ1v) is 7.23. The third-order valence-electron chi connectivity index (χ3n) is 3.08. The van der Waals surface area contributed by atoms with Gasteiger partial charge in [0.1, 0.15) is 37.5 Å². The van der Waals surface area contributed by atoms with E-state index in [1.165, 1.54) is 29.5 Å². The monoisotopic (exact) mass is 333 g/mol. The van der Waals surface area contributed by atoms with Gasteiger partial charge in [-0.3, -0.25) is 10.1 Å². The largest absolute Gasteiger partial charge is 0.486 e. The second kappa shape index (κ2) is 6.52. The first-order chi connectivity index (χ1) is 11.6. The summed E-state index contributed by atoms with van der Waals surface area (Å²) in [7, 11) is 0. The van der Waals surface area contributed by atoms with Crippen molar-refractivity contribution in [2.45, 2.75) is 20.0 Å². The number of fused-ring (bicyclic) bond motifs is 1. The molecule has 0 saturated heterocycles. The maximum Gasteiger partial charge on any atom is 0.284 e. The van der Waals surface area contributed by atoms with Gasteiger partial charge in [-0.2, -0.15) is 9.78 Å². The third-order valence-corrected chi connectivity index (χ3v) is 3.08. The lowest BCUT2D eigenvalue weighted by molar-refractivity contribution is -0.385. The highest BCUT2D eigenvalue weighted by Crippen LogP contribution is 2.37. The Morgan fingerprint density at radius 1 is 1.38 bits per heavy atom. The molecule has 0 atom stereocenters. The molecular weight excluding hydrogens is 318 g/mol. The molecule has 3 rings (SSSR count). The number of nitro benzene ring substituents is 1. The molecule has 0 bridgehead atoms. The van der Waals surface area contributed by atoms with E-state index in [1.807, 2.05) is 0 Å². The predicted octanol–water partition coefficient (Wildman–Crippen LogP) is 1.59. The topological polar surface area (TPSA) is 114 Å². The van der Waals surface area contributed by atoms with E-state index >= 15 is 0 Å². The fourth-order valence-corrected chi connectivity index (χ4v) is 2.10. The van der Waals surface area contributed by atoms with Gasteiger partial charge in [0, 0.05) is 6.07 Å². The summed E-state index contributed by atoms with van der Waals surface area (Å²) in [5.74, 6) is 0.850. The van der Waals surface area contributed by atoms with E-state index < -0.39 is 4.92 Å². The van der Waals surface area contributed by atoms with E-state index in [-0.39, 0.29) is 23.2 Å². The van der Waals surface area contributed by atoms with Crippen LogP contribution in [0.4, 0.5) is 5.69 Å². The molecule has 0 fully saturated rings. The Bertz CT molecular complexity index is 772. The van der Waals surface area contributed by atoms with Crippen molar-refractivity contribution in [1.29, 1.82) is 0 Å². The maximum absolute atomic E-state index is 11.5. The Morgan fingerprint density at radius 3 is 2.67 bits per heavy atom. The maximum atomic E-state index is 11.5. The fraction of sp³-hybridized carbons (Fsp3) is 0.357. The molecule has 2 aromatic rings. The molecule has 0 N–H and O–H groups in total. The van der Waals surface area contributed by atoms with Crippen LogP contribution < -0.4 is 9.47 Å². The van der Waals surface area contributed by atoms with Crippen LogP contribution in [0.2, 0.25) is 0 Å². The van der Waals surface area contributed by atoms with Crippen LogP contribution in [-0.2, 0) is 4.84 Å². The summed E-state index contributed by atoms with van der Waals surface area (Å²) in [6, 6.07) is 2.81. The smallest absolute Gasteiger partial charge is 0.284 e. The van der Waals surface area contributed by atoms with Gasteiger partial charge >= 0.3 is 0 Å². The minimum atomic E-state index is -0.518. The highest BCUT2D eigenvalue weighted by atomic mass is 16.6. The molecule has 0 spiro atoms. The number of oxime groups is 1. The summed E-state index contributed by atoms with van der Waals surface area (Å²) >= 11 is 0. The normalized spacial score (nSPS) is 13.9. The first kappa shape index (κ1) is 15.7. The molecule has 0 unspecified atom stereocenters. The Labute approximate surface area is 136 Å². The summed E-state index contributed by atoms with van der Waals surface area (Å²) in [6.07, 6.45) is 2.47. The van der Waals surface area contributed by atoms with Gasteiger partial charge in [-0.1, -0.05) is 5.16 Å². The molecule has 0 saturated carbocycles. The number of benzene rings is 1. The van der Waals surface area contributed by atoms with Crippen molar-refractivity contribution in [2.75, 3.05) is 13.2 Å². The number of ether oxygens (including phenoxy) is 2. The van der Waals surface area contributed by atoms with Crippen LogP contribution in [0, 0.1) is 10.1 Å². The van der Waals surface area contributed by atoms with Crippen LogP contribution in [0.1, 0.15) is 19.4 Å². The van der Waals surface area contributed by atoms with Gasteiger partial charge in [0.05, 0.1) is 11.0 Å². The van der Waals surface area contributed by atoms with Crippen molar-refractivity contribution >= 4 is 11.5 Å². The zero-order valence-electron chi connectivity index (χ0n) is 13.1. The second-order valence-corrected chi connectivity index (χ2v) is 5.18. The van der Waals surface area contributed by atoms with Crippen molar-refractivity contribution in [3.05, 3.63) is 40.5 Å². The Kier molecular flexibility index (Phi) is 4.27. The van der Waals surface area contributed by atoms with Crippen LogP contribution in [0.15, 0.2) is 29.9 Å². The molecule has 1 aromatic carbocycles.